The smallest absolute Gasteiger partial charge is 0.325 e. The zero-order chi connectivity index (χ0) is 19.3. The maximum atomic E-state index is 13.0. The molecule has 3 aliphatic heterocycles. The third kappa shape index (κ3) is 2.60. The van der Waals surface area contributed by atoms with Gasteiger partial charge in [0.1, 0.15) is 6.54 Å². The Morgan fingerprint density at radius 2 is 1.96 bits per heavy atom. The van der Waals surface area contributed by atoms with Crippen LogP contribution < -0.4 is 16.2 Å². The van der Waals surface area contributed by atoms with E-state index in [-0.39, 0.29) is 0 Å². The average molecular weight is 371 g/mol. The summed E-state index contributed by atoms with van der Waals surface area (Å²) in [5.41, 5.74) is 4.10. The normalized spacial score (nSPS) is 24.2. The van der Waals surface area contributed by atoms with Gasteiger partial charge in [-0.1, -0.05) is 17.7 Å². The van der Waals surface area contributed by atoms with Gasteiger partial charge in [-0.2, -0.15) is 0 Å². The van der Waals surface area contributed by atoms with Crippen LogP contribution in [0.1, 0.15) is 5.56 Å². The van der Waals surface area contributed by atoms with Crippen LogP contribution in [-0.2, 0) is 9.59 Å². The largest absolute Gasteiger partial charge is 0.328 e. The van der Waals surface area contributed by atoms with Crippen molar-refractivity contribution in [2.45, 2.75) is 19.1 Å². The summed E-state index contributed by atoms with van der Waals surface area (Å²) in [6.45, 7) is 2.91. The number of aliphatic imine (C=N–C) groups is 1. The molecule has 3 heterocycles. The Balaban J connectivity index is 1.63. The molecule has 3 N–H and O–H groups in total. The van der Waals surface area contributed by atoms with Crippen LogP contribution in [0.15, 0.2) is 29.3 Å². The first-order valence-electron chi connectivity index (χ1n) is 8.68. The van der Waals surface area contributed by atoms with Gasteiger partial charge in [0.2, 0.25) is 5.96 Å². The molecule has 0 saturated carbocycles. The first-order valence-corrected chi connectivity index (χ1v) is 8.68. The third-order valence-corrected chi connectivity index (χ3v) is 5.19. The molecule has 3 aliphatic rings. The zero-order valence-electron chi connectivity index (χ0n) is 15.1. The molecular weight excluding hydrogens is 350 g/mol. The number of imide groups is 1. The predicted octanol–water partition coefficient (Wildman–Crippen LogP) is -0.935. The number of guanidine groups is 1. The highest BCUT2D eigenvalue weighted by Gasteiger charge is 2.54. The van der Waals surface area contributed by atoms with Crippen LogP contribution >= 0.6 is 0 Å². The van der Waals surface area contributed by atoms with Gasteiger partial charge < -0.3 is 14.7 Å². The molecule has 2 fully saturated rings. The lowest BCUT2D eigenvalue weighted by molar-refractivity contribution is -0.140. The summed E-state index contributed by atoms with van der Waals surface area (Å²) in [6, 6.07) is 6.87. The highest BCUT2D eigenvalue weighted by Crippen LogP contribution is 2.33. The Kier molecular flexibility index (Phi) is 3.99. The second-order valence-corrected chi connectivity index (χ2v) is 6.85. The number of hydrazine groups is 1. The SMILES string of the molecule is Cc1ccc(N2CCN3C2=NC2C3C(=O)N(CC(=O)NN)C(=O)N2C)cc1. The number of carbonyl (C=O) groups excluding carboxylic acids is 3. The van der Waals surface area contributed by atoms with Crippen molar-refractivity contribution < 1.29 is 14.4 Å². The summed E-state index contributed by atoms with van der Waals surface area (Å²) in [7, 11) is 1.59. The number of nitrogens with zero attached hydrogens (tertiary/aromatic N) is 5. The molecule has 4 rings (SSSR count). The lowest BCUT2D eigenvalue weighted by Crippen LogP contribution is -2.66. The van der Waals surface area contributed by atoms with E-state index in [9.17, 15) is 14.4 Å². The fraction of sp³-hybridized carbons (Fsp3) is 0.412. The Labute approximate surface area is 156 Å². The van der Waals surface area contributed by atoms with E-state index in [1.807, 2.05) is 46.4 Å². The van der Waals surface area contributed by atoms with Gasteiger partial charge in [0.15, 0.2) is 12.2 Å². The van der Waals surface area contributed by atoms with E-state index >= 15 is 0 Å². The fourth-order valence-electron chi connectivity index (χ4n) is 3.74. The number of nitrogens with one attached hydrogen (secondary N) is 1. The predicted molar refractivity (Wildman–Crippen MR) is 97.4 cm³/mol. The van der Waals surface area contributed by atoms with E-state index in [1.54, 1.807) is 7.05 Å². The lowest BCUT2D eigenvalue weighted by atomic mass is 10.1. The summed E-state index contributed by atoms with van der Waals surface area (Å²) < 4.78 is 0. The molecule has 0 radical (unpaired) electrons. The minimum Gasteiger partial charge on any atom is -0.325 e. The number of amides is 4. The summed E-state index contributed by atoms with van der Waals surface area (Å²) in [4.78, 5) is 48.1. The molecule has 2 saturated heterocycles. The molecule has 1 aromatic carbocycles. The Morgan fingerprint density at radius 3 is 2.63 bits per heavy atom. The van der Waals surface area contributed by atoms with E-state index in [0.717, 1.165) is 16.2 Å². The van der Waals surface area contributed by atoms with Gasteiger partial charge in [0, 0.05) is 25.8 Å². The number of nitrogens with two attached hydrogens (primary N) is 1. The second kappa shape index (κ2) is 6.23. The molecule has 10 heteroatoms. The highest BCUT2D eigenvalue weighted by atomic mass is 16.2. The number of anilines is 1. The Hall–Kier alpha value is -3.14. The third-order valence-electron chi connectivity index (χ3n) is 5.19. The van der Waals surface area contributed by atoms with Crippen LogP contribution in [0.2, 0.25) is 0 Å². The first-order chi connectivity index (χ1) is 12.9. The zero-order valence-corrected chi connectivity index (χ0v) is 15.1. The molecule has 0 aliphatic carbocycles. The van der Waals surface area contributed by atoms with Crippen LogP contribution in [0.25, 0.3) is 0 Å². The van der Waals surface area contributed by atoms with Gasteiger partial charge in [-0.15, -0.1) is 0 Å². The molecule has 27 heavy (non-hydrogen) atoms. The maximum absolute atomic E-state index is 13.0. The topological polar surface area (TPSA) is 115 Å². The summed E-state index contributed by atoms with van der Waals surface area (Å²) in [5.74, 6) is 4.73. The second-order valence-electron chi connectivity index (χ2n) is 6.85. The monoisotopic (exact) mass is 371 g/mol. The van der Waals surface area contributed by atoms with Crippen molar-refractivity contribution in [1.29, 1.82) is 0 Å². The number of aryl methyl sites for hydroxylation is 1. The molecular formula is C17H21N7O3. The van der Waals surface area contributed by atoms with Crippen molar-refractivity contribution in [2.24, 2.45) is 10.8 Å². The maximum Gasteiger partial charge on any atom is 0.328 e. The number of fused-ring (bicyclic) bond motifs is 3. The van der Waals surface area contributed by atoms with Gasteiger partial charge >= 0.3 is 6.03 Å². The molecule has 0 spiro atoms. The highest BCUT2D eigenvalue weighted by molar-refractivity contribution is 6.09. The fourth-order valence-corrected chi connectivity index (χ4v) is 3.74. The van der Waals surface area contributed by atoms with Crippen LogP contribution in [0.5, 0.6) is 0 Å². The first kappa shape index (κ1) is 17.3. The van der Waals surface area contributed by atoms with Crippen LogP contribution in [0.3, 0.4) is 0 Å². The van der Waals surface area contributed by atoms with Crippen molar-refractivity contribution in [1.82, 2.24) is 20.1 Å². The van der Waals surface area contributed by atoms with E-state index < -0.39 is 36.6 Å². The quantitative estimate of drug-likeness (QED) is 0.403. The van der Waals surface area contributed by atoms with Crippen LogP contribution in [-0.4, -0.2) is 77.4 Å². The minimum atomic E-state index is -0.635. The van der Waals surface area contributed by atoms with Crippen molar-refractivity contribution in [3.63, 3.8) is 0 Å². The summed E-state index contributed by atoms with van der Waals surface area (Å²) in [5, 5.41) is 0. The molecule has 0 bridgehead atoms. The van der Waals surface area contributed by atoms with Gasteiger partial charge in [0.25, 0.3) is 11.8 Å². The molecule has 2 atom stereocenters. The van der Waals surface area contributed by atoms with Crippen molar-refractivity contribution in [3.8, 4) is 0 Å². The number of likely N-dealkylation sites (N-methyl/N-ethyl adjacent to an activating group) is 1. The number of benzene rings is 1. The molecule has 0 aromatic heterocycles. The molecule has 2 unspecified atom stereocenters. The molecule has 142 valence electrons. The number of carbonyl (C=O) groups is 3. The van der Waals surface area contributed by atoms with Crippen molar-refractivity contribution >= 4 is 29.5 Å². The van der Waals surface area contributed by atoms with Crippen molar-refractivity contribution in [3.05, 3.63) is 29.8 Å². The lowest BCUT2D eigenvalue weighted by Gasteiger charge is -2.40. The van der Waals surface area contributed by atoms with E-state index in [4.69, 9.17) is 5.84 Å². The van der Waals surface area contributed by atoms with Gasteiger partial charge in [-0.05, 0) is 19.1 Å². The summed E-state index contributed by atoms with van der Waals surface area (Å²) in [6.07, 6.45) is -0.606. The number of hydrogen-bond acceptors (Lipinski definition) is 7. The number of hydrogen-bond donors (Lipinski definition) is 2. The standard InChI is InChI=1S/C17H21N7O3/c1-10-3-5-11(6-4-10)22-7-8-23-13-14(19-16(22)23)21(2)17(27)24(15(13)26)9-12(25)20-18/h3-6,13-14H,7-9,18H2,1-2H3,(H,20,25). The minimum absolute atomic E-state index is 0.410. The van der Waals surface area contributed by atoms with Crippen LogP contribution in [0, 0.1) is 6.92 Å². The Bertz CT molecular complexity index is 837. The van der Waals surface area contributed by atoms with E-state index in [2.05, 4.69) is 4.99 Å². The molecule has 4 amide bonds. The van der Waals surface area contributed by atoms with E-state index in [0.29, 0.717) is 19.0 Å². The molecule has 10 nitrogen and oxygen atoms in total. The van der Waals surface area contributed by atoms with Gasteiger partial charge in [0.05, 0.1) is 0 Å². The van der Waals surface area contributed by atoms with Crippen LogP contribution in [0.4, 0.5) is 10.5 Å². The number of urea groups is 1. The van der Waals surface area contributed by atoms with E-state index in [1.165, 1.54) is 4.90 Å². The number of rotatable bonds is 3. The van der Waals surface area contributed by atoms with Gasteiger partial charge in [-0.3, -0.25) is 19.9 Å². The summed E-state index contributed by atoms with van der Waals surface area (Å²) >= 11 is 0. The average Bonchev–Trinajstić information content (AvgIpc) is 3.23. The molecule has 1 aromatic rings. The van der Waals surface area contributed by atoms with Crippen molar-refractivity contribution in [2.75, 3.05) is 31.6 Å². The Morgan fingerprint density at radius 1 is 1.26 bits per heavy atom. The van der Waals surface area contributed by atoms with Gasteiger partial charge in [-0.25, -0.2) is 15.6 Å².